The highest BCUT2D eigenvalue weighted by Gasteiger charge is 1.90. The number of nitrogens with one attached hydrogen (secondary N) is 1. The molecular weight excluding hydrogens is 184 g/mol. The second kappa shape index (κ2) is 9.75. The molecule has 0 aromatic carbocycles. The zero-order valence-corrected chi connectivity index (χ0v) is 10.8. The highest BCUT2D eigenvalue weighted by atomic mass is 14.9. The van der Waals surface area contributed by atoms with Crippen molar-refractivity contribution < 1.29 is 0 Å². The first kappa shape index (κ1) is 14.2. The number of hydrogen-bond acceptors (Lipinski definition) is 2. The molecule has 2 heteroatoms. The topological polar surface area (TPSA) is 24.4 Å². The maximum absolute atomic E-state index is 4.48. The highest BCUT2D eigenvalue weighted by molar-refractivity contribution is 5.93. The van der Waals surface area contributed by atoms with E-state index in [4.69, 9.17) is 0 Å². The number of rotatable bonds is 8. The van der Waals surface area contributed by atoms with Gasteiger partial charge in [0.05, 0.1) is 0 Å². The van der Waals surface area contributed by atoms with Crippen LogP contribution in [0.3, 0.4) is 0 Å². The number of hydrogen-bond donors (Lipinski definition) is 1. The molecule has 0 saturated heterocycles. The van der Waals surface area contributed by atoms with Crippen LogP contribution >= 0.6 is 0 Å². The van der Waals surface area contributed by atoms with E-state index in [2.05, 4.69) is 44.1 Å². The van der Waals surface area contributed by atoms with E-state index in [0.717, 1.165) is 18.8 Å². The third-order valence-corrected chi connectivity index (χ3v) is 2.23. The molecule has 0 aliphatic heterocycles. The summed E-state index contributed by atoms with van der Waals surface area (Å²) in [5.74, 6) is 0. The molecule has 0 rings (SSSR count). The first-order valence-corrected chi connectivity index (χ1v) is 6.13. The van der Waals surface area contributed by atoms with Crippen molar-refractivity contribution in [3.05, 3.63) is 11.8 Å². The van der Waals surface area contributed by atoms with Crippen LogP contribution in [-0.4, -0.2) is 18.8 Å². The van der Waals surface area contributed by atoms with Crippen LogP contribution in [0, 0.1) is 0 Å². The van der Waals surface area contributed by atoms with Gasteiger partial charge in [-0.25, -0.2) is 0 Å². The number of aliphatic imine (C=N–C) groups is 1. The number of unbranched alkanes of at least 4 members (excludes halogenated alkanes) is 2. The summed E-state index contributed by atoms with van der Waals surface area (Å²) in [5.41, 5.74) is 2.35. The van der Waals surface area contributed by atoms with Gasteiger partial charge in [-0.2, -0.15) is 0 Å². The van der Waals surface area contributed by atoms with Crippen LogP contribution in [0.4, 0.5) is 0 Å². The number of allylic oxidation sites excluding steroid dienone is 2. The Bertz CT molecular complexity index is 205. The average molecular weight is 210 g/mol. The molecule has 0 bridgehead atoms. The lowest BCUT2D eigenvalue weighted by Gasteiger charge is -2.05. The Kier molecular flexibility index (Phi) is 9.24. The highest BCUT2D eigenvalue weighted by Crippen LogP contribution is 1.94. The van der Waals surface area contributed by atoms with Crippen LogP contribution in [0.2, 0.25) is 0 Å². The molecule has 2 nitrogen and oxygen atoms in total. The van der Waals surface area contributed by atoms with E-state index in [0.29, 0.717) is 0 Å². The van der Waals surface area contributed by atoms with Gasteiger partial charge in [0.15, 0.2) is 0 Å². The normalized spacial score (nSPS) is 13.1. The lowest BCUT2D eigenvalue weighted by Crippen LogP contribution is -2.13. The van der Waals surface area contributed by atoms with Crippen molar-refractivity contribution in [3.8, 4) is 0 Å². The molecule has 0 aliphatic carbocycles. The Hall–Kier alpha value is -0.790. The molecule has 0 aromatic rings. The zero-order valence-electron chi connectivity index (χ0n) is 10.8. The molecule has 88 valence electrons. The fourth-order valence-electron chi connectivity index (χ4n) is 1.29. The van der Waals surface area contributed by atoms with E-state index in [9.17, 15) is 0 Å². The van der Waals surface area contributed by atoms with Crippen molar-refractivity contribution >= 4 is 5.71 Å². The molecule has 0 fully saturated rings. The van der Waals surface area contributed by atoms with E-state index < -0.39 is 0 Å². The monoisotopic (exact) mass is 210 g/mol. The van der Waals surface area contributed by atoms with Gasteiger partial charge in [-0.15, -0.1) is 0 Å². The summed E-state index contributed by atoms with van der Waals surface area (Å²) < 4.78 is 0. The Labute approximate surface area is 94.9 Å². The minimum Gasteiger partial charge on any atom is -0.389 e. The van der Waals surface area contributed by atoms with E-state index in [1.165, 1.54) is 31.4 Å². The maximum Gasteiger partial charge on any atom is 0.0392 e. The molecular formula is C13H26N2. The lowest BCUT2D eigenvalue weighted by molar-refractivity contribution is 0.711. The van der Waals surface area contributed by atoms with Crippen LogP contribution in [0.5, 0.6) is 0 Å². The van der Waals surface area contributed by atoms with Crippen molar-refractivity contribution in [2.75, 3.05) is 13.1 Å². The van der Waals surface area contributed by atoms with E-state index in [1.807, 2.05) is 0 Å². The van der Waals surface area contributed by atoms with Crippen molar-refractivity contribution in [1.82, 2.24) is 5.32 Å². The fraction of sp³-hybridized carbons (Fsp3) is 0.769. The minimum absolute atomic E-state index is 0.959. The Balaban J connectivity index is 3.82. The number of nitrogens with zero attached hydrogens (tertiary/aromatic N) is 1. The van der Waals surface area contributed by atoms with Crippen LogP contribution in [-0.2, 0) is 0 Å². The molecule has 1 N–H and O–H groups in total. The first-order valence-electron chi connectivity index (χ1n) is 6.13. The van der Waals surface area contributed by atoms with Crippen LogP contribution in [0.15, 0.2) is 16.8 Å². The average Bonchev–Trinajstić information content (AvgIpc) is 2.18. The summed E-state index contributed by atoms with van der Waals surface area (Å²) >= 11 is 0. The third kappa shape index (κ3) is 9.51. The van der Waals surface area contributed by atoms with Gasteiger partial charge < -0.3 is 5.32 Å². The van der Waals surface area contributed by atoms with Gasteiger partial charge >= 0.3 is 0 Å². The molecule has 15 heavy (non-hydrogen) atoms. The SMILES string of the molecule is CCCC/N=C(C)/C=C(/C)NCCCC. The van der Waals surface area contributed by atoms with Crippen LogP contribution in [0.25, 0.3) is 0 Å². The zero-order chi connectivity index (χ0) is 11.5. The summed E-state index contributed by atoms with van der Waals surface area (Å²) in [5, 5.41) is 3.39. The third-order valence-electron chi connectivity index (χ3n) is 2.23. The van der Waals surface area contributed by atoms with Gasteiger partial charge in [-0.05, 0) is 32.8 Å². The fourth-order valence-corrected chi connectivity index (χ4v) is 1.29. The molecule has 0 unspecified atom stereocenters. The summed E-state index contributed by atoms with van der Waals surface area (Å²) in [7, 11) is 0. The predicted octanol–water partition coefficient (Wildman–Crippen LogP) is 3.54. The molecule has 0 atom stereocenters. The standard InChI is InChI=1S/C13H26N2/c1-5-7-9-14-12(3)11-13(4)15-10-8-6-2/h11,14H,5-10H2,1-4H3/b12-11-,15-13+. The van der Waals surface area contributed by atoms with Gasteiger partial charge in [0.25, 0.3) is 0 Å². The summed E-state index contributed by atoms with van der Waals surface area (Å²) in [6.45, 7) is 10.6. The molecule has 0 radical (unpaired) electrons. The van der Waals surface area contributed by atoms with Gasteiger partial charge in [0, 0.05) is 24.5 Å². The van der Waals surface area contributed by atoms with E-state index in [-0.39, 0.29) is 0 Å². The maximum atomic E-state index is 4.48. The largest absolute Gasteiger partial charge is 0.389 e. The van der Waals surface area contributed by atoms with E-state index >= 15 is 0 Å². The van der Waals surface area contributed by atoms with Crippen molar-refractivity contribution in [1.29, 1.82) is 0 Å². The summed E-state index contributed by atoms with van der Waals surface area (Å²) in [4.78, 5) is 4.48. The molecule has 0 spiro atoms. The Morgan fingerprint density at radius 2 is 1.80 bits per heavy atom. The van der Waals surface area contributed by atoms with Crippen molar-refractivity contribution in [3.63, 3.8) is 0 Å². The molecule has 0 aromatic heterocycles. The molecule has 0 saturated carbocycles. The first-order chi connectivity index (χ1) is 7.20. The van der Waals surface area contributed by atoms with Gasteiger partial charge in [0.2, 0.25) is 0 Å². The Morgan fingerprint density at radius 1 is 1.13 bits per heavy atom. The van der Waals surface area contributed by atoms with Gasteiger partial charge in [-0.3, -0.25) is 4.99 Å². The molecule has 0 amide bonds. The second-order valence-corrected chi connectivity index (χ2v) is 3.98. The van der Waals surface area contributed by atoms with Gasteiger partial charge in [0.1, 0.15) is 0 Å². The smallest absolute Gasteiger partial charge is 0.0392 e. The van der Waals surface area contributed by atoms with Crippen molar-refractivity contribution in [2.24, 2.45) is 4.99 Å². The van der Waals surface area contributed by atoms with E-state index in [1.54, 1.807) is 0 Å². The van der Waals surface area contributed by atoms with Crippen LogP contribution in [0.1, 0.15) is 53.4 Å². The lowest BCUT2D eigenvalue weighted by atomic mass is 10.3. The second-order valence-electron chi connectivity index (χ2n) is 3.98. The Morgan fingerprint density at radius 3 is 2.40 bits per heavy atom. The summed E-state index contributed by atoms with van der Waals surface area (Å²) in [6, 6.07) is 0. The van der Waals surface area contributed by atoms with Crippen molar-refractivity contribution in [2.45, 2.75) is 53.4 Å². The molecule has 0 heterocycles. The quantitative estimate of drug-likeness (QED) is 0.481. The van der Waals surface area contributed by atoms with Gasteiger partial charge in [-0.1, -0.05) is 26.7 Å². The minimum atomic E-state index is 0.959. The van der Waals surface area contributed by atoms with Crippen LogP contribution < -0.4 is 5.32 Å². The summed E-state index contributed by atoms with van der Waals surface area (Å²) in [6.07, 6.45) is 7.01. The molecule has 0 aliphatic rings. The predicted molar refractivity (Wildman–Crippen MR) is 69.6 cm³/mol.